The van der Waals surface area contributed by atoms with Crippen LogP contribution < -0.4 is 0 Å². The third-order valence-corrected chi connectivity index (χ3v) is 5.37. The van der Waals surface area contributed by atoms with E-state index in [4.69, 9.17) is 13.5 Å². The molecule has 0 bridgehead atoms. The van der Waals surface area contributed by atoms with Crippen LogP contribution in [0.4, 0.5) is 0 Å². The Kier molecular flexibility index (Phi) is 2.80. The number of aryl methyl sites for hydroxylation is 1. The number of nitrogens with zero attached hydrogens (tertiary/aromatic N) is 2. The molecule has 0 unspecified atom stereocenters. The lowest BCUT2D eigenvalue weighted by molar-refractivity contribution is 0.616. The molecule has 6 rings (SSSR count). The summed E-state index contributed by atoms with van der Waals surface area (Å²) < 4.78 is 31.0. The Balaban J connectivity index is 1.62. The van der Waals surface area contributed by atoms with Crippen LogP contribution in [-0.4, -0.2) is 9.55 Å². The second kappa shape index (κ2) is 6.08. The van der Waals surface area contributed by atoms with Crippen molar-refractivity contribution in [3.63, 3.8) is 0 Å². The molecule has 4 aromatic carbocycles. The van der Waals surface area contributed by atoms with Crippen molar-refractivity contribution in [2.45, 2.75) is 6.85 Å². The first-order chi connectivity index (χ1) is 15.5. The van der Waals surface area contributed by atoms with Gasteiger partial charge in [-0.15, -0.1) is 0 Å². The highest BCUT2D eigenvalue weighted by Crippen LogP contribution is 2.35. The van der Waals surface area contributed by atoms with Gasteiger partial charge in [-0.25, -0.2) is 4.98 Å². The fraction of sp³-hybridized carbons (Fsp3) is 0.0385. The lowest BCUT2D eigenvalue weighted by atomic mass is 10.1. The summed E-state index contributed by atoms with van der Waals surface area (Å²) in [4.78, 5) is 4.92. The van der Waals surface area contributed by atoms with Crippen LogP contribution in [0.25, 0.3) is 49.9 Å². The fourth-order valence-corrected chi connectivity index (χ4v) is 3.99. The molecule has 2 heterocycles. The molecule has 6 aromatic rings. The molecule has 2 aromatic heterocycles. The number of hydrogen-bond acceptors (Lipinski definition) is 2. The van der Waals surface area contributed by atoms with E-state index in [1.54, 1.807) is 24.5 Å². The van der Waals surface area contributed by atoms with Gasteiger partial charge in [0, 0.05) is 15.2 Å². The van der Waals surface area contributed by atoms with E-state index < -0.39 is 6.85 Å². The number of para-hydroxylation sites is 2. The van der Waals surface area contributed by atoms with E-state index >= 15 is 0 Å². The largest absolute Gasteiger partial charge is 0.464 e. The van der Waals surface area contributed by atoms with Gasteiger partial charge in [0.2, 0.25) is 0 Å². The summed E-state index contributed by atoms with van der Waals surface area (Å²) in [6.45, 7) is -2.18. The fourth-order valence-electron chi connectivity index (χ4n) is 3.99. The molecule has 0 spiro atoms. The molecule has 0 atom stereocenters. The maximum Gasteiger partial charge on any atom is 0.149 e. The Bertz CT molecular complexity index is 1630. The van der Waals surface area contributed by atoms with Crippen LogP contribution in [0.2, 0.25) is 0 Å². The molecule has 0 aliphatic carbocycles. The zero-order chi connectivity index (χ0) is 21.9. The van der Waals surface area contributed by atoms with Gasteiger partial charge >= 0.3 is 0 Å². The van der Waals surface area contributed by atoms with Crippen molar-refractivity contribution < 1.29 is 8.53 Å². The van der Waals surface area contributed by atoms with Crippen LogP contribution in [0.5, 0.6) is 0 Å². The Morgan fingerprint density at radius 3 is 2.66 bits per heavy atom. The van der Waals surface area contributed by atoms with E-state index in [2.05, 4.69) is 41.0 Å². The van der Waals surface area contributed by atoms with Gasteiger partial charge in [0.25, 0.3) is 0 Å². The molecule has 0 saturated heterocycles. The molecule has 0 saturated carbocycles. The number of benzene rings is 4. The summed E-state index contributed by atoms with van der Waals surface area (Å²) in [5.74, 6) is 0.752. The predicted molar refractivity (Wildman–Crippen MR) is 119 cm³/mol. The van der Waals surface area contributed by atoms with Crippen molar-refractivity contribution in [2.75, 3.05) is 0 Å². The zero-order valence-corrected chi connectivity index (χ0v) is 15.5. The molecule has 138 valence electrons. The summed E-state index contributed by atoms with van der Waals surface area (Å²) in [6, 6.07) is 27.7. The molecule has 0 aliphatic rings. The molecule has 0 fully saturated rings. The van der Waals surface area contributed by atoms with E-state index in [-0.39, 0.29) is 5.56 Å². The van der Waals surface area contributed by atoms with E-state index in [1.807, 2.05) is 30.3 Å². The van der Waals surface area contributed by atoms with Gasteiger partial charge in [-0.1, -0.05) is 54.6 Å². The first kappa shape index (κ1) is 13.3. The quantitative estimate of drug-likeness (QED) is 0.328. The Labute approximate surface area is 172 Å². The molecule has 3 heteroatoms. The topological polar surface area (TPSA) is 31.0 Å². The maximum absolute atomic E-state index is 7.68. The number of rotatable bonds is 2. The van der Waals surface area contributed by atoms with Crippen LogP contribution in [0.3, 0.4) is 0 Å². The smallest absolute Gasteiger partial charge is 0.149 e. The number of hydrogen-bond donors (Lipinski definition) is 0. The van der Waals surface area contributed by atoms with Crippen LogP contribution >= 0.6 is 0 Å². The van der Waals surface area contributed by atoms with Crippen molar-refractivity contribution >= 4 is 32.8 Å². The first-order valence-electron chi connectivity index (χ1n) is 11.0. The summed E-state index contributed by atoms with van der Waals surface area (Å²) in [7, 11) is 0. The second-order valence-corrected chi connectivity index (χ2v) is 7.15. The molecular formula is C26H18N2O. The Morgan fingerprint density at radius 1 is 0.862 bits per heavy atom. The molecule has 29 heavy (non-hydrogen) atoms. The minimum Gasteiger partial charge on any atom is -0.464 e. The summed E-state index contributed by atoms with van der Waals surface area (Å²) >= 11 is 0. The van der Waals surface area contributed by atoms with Crippen LogP contribution in [-0.2, 0) is 0 Å². The molecule has 3 nitrogen and oxygen atoms in total. The normalized spacial score (nSPS) is 13.6. The average Bonchev–Trinajstić information content (AvgIpc) is 3.39. The van der Waals surface area contributed by atoms with Gasteiger partial charge < -0.3 is 4.42 Å². The SMILES string of the molecule is [2H]C([2H])([2H])c1ccc2c(-c3nc4ccccc4n3-c3ccc4ccccc4c3)coc2c1. The Morgan fingerprint density at radius 2 is 1.72 bits per heavy atom. The molecule has 0 aliphatic heterocycles. The molecule has 0 amide bonds. The van der Waals surface area contributed by atoms with Crippen molar-refractivity contribution in [3.05, 3.63) is 96.8 Å². The van der Waals surface area contributed by atoms with Crippen molar-refractivity contribution in [1.82, 2.24) is 9.55 Å². The highest BCUT2D eigenvalue weighted by molar-refractivity contribution is 5.96. The van der Waals surface area contributed by atoms with E-state index in [0.29, 0.717) is 5.58 Å². The highest BCUT2D eigenvalue weighted by atomic mass is 16.3. The summed E-state index contributed by atoms with van der Waals surface area (Å²) in [5.41, 5.74) is 4.48. The van der Waals surface area contributed by atoms with Crippen molar-refractivity contribution in [1.29, 1.82) is 0 Å². The van der Waals surface area contributed by atoms with Gasteiger partial charge in [-0.3, -0.25) is 4.57 Å². The van der Waals surface area contributed by atoms with Gasteiger partial charge in [-0.2, -0.15) is 0 Å². The molecular weight excluding hydrogens is 356 g/mol. The number of furan rings is 1. The van der Waals surface area contributed by atoms with Gasteiger partial charge in [-0.05, 0) is 53.5 Å². The molecule has 0 radical (unpaired) electrons. The first-order valence-corrected chi connectivity index (χ1v) is 9.48. The van der Waals surface area contributed by atoms with Crippen molar-refractivity contribution in [2.24, 2.45) is 0 Å². The average molecular weight is 377 g/mol. The lowest BCUT2D eigenvalue weighted by Gasteiger charge is -2.10. The van der Waals surface area contributed by atoms with E-state index in [0.717, 1.165) is 38.9 Å². The van der Waals surface area contributed by atoms with E-state index in [9.17, 15) is 0 Å². The monoisotopic (exact) mass is 377 g/mol. The van der Waals surface area contributed by atoms with E-state index in [1.165, 1.54) is 5.39 Å². The second-order valence-electron chi connectivity index (χ2n) is 7.15. The third-order valence-electron chi connectivity index (χ3n) is 5.37. The molecule has 0 N–H and O–H groups in total. The standard InChI is InChI=1S/C26H18N2O/c1-17-10-13-21-22(16-29-25(21)14-17)26-27-23-8-4-5-9-24(23)28(26)20-12-11-18-6-2-3-7-19(18)15-20/h2-16H,1H3/i1D3. The maximum atomic E-state index is 7.68. The highest BCUT2D eigenvalue weighted by Gasteiger charge is 2.18. The van der Waals surface area contributed by atoms with Crippen LogP contribution in [0.1, 0.15) is 9.68 Å². The van der Waals surface area contributed by atoms with Crippen LogP contribution in [0.15, 0.2) is 95.6 Å². The summed E-state index contributed by atoms with van der Waals surface area (Å²) in [6.07, 6.45) is 1.66. The minimum absolute atomic E-state index is 0.258. The number of imidazole rings is 1. The van der Waals surface area contributed by atoms with Gasteiger partial charge in [0.05, 0.1) is 16.6 Å². The third kappa shape index (κ3) is 2.48. The lowest BCUT2D eigenvalue weighted by Crippen LogP contribution is -1.97. The van der Waals surface area contributed by atoms with Gasteiger partial charge in [0.15, 0.2) is 0 Å². The number of aromatic nitrogens is 2. The minimum atomic E-state index is -2.18. The summed E-state index contributed by atoms with van der Waals surface area (Å²) in [5, 5.41) is 3.15. The zero-order valence-electron chi connectivity index (χ0n) is 18.5. The van der Waals surface area contributed by atoms with Crippen LogP contribution in [0, 0.1) is 6.85 Å². The number of fused-ring (bicyclic) bond motifs is 3. The Hall–Kier alpha value is -3.85. The predicted octanol–water partition coefficient (Wildman–Crippen LogP) is 6.90. The van der Waals surface area contributed by atoms with Gasteiger partial charge in [0.1, 0.15) is 17.7 Å². The van der Waals surface area contributed by atoms with Crippen molar-refractivity contribution in [3.8, 4) is 17.1 Å².